The summed E-state index contributed by atoms with van der Waals surface area (Å²) in [6.45, 7) is 14.3. The average Bonchev–Trinajstić information content (AvgIpc) is 3.02. The lowest BCUT2D eigenvalue weighted by Gasteiger charge is -2.46. The van der Waals surface area contributed by atoms with E-state index in [2.05, 4.69) is 9.89 Å². The molecule has 1 amide bonds. The second kappa shape index (κ2) is 15.8. The van der Waals surface area contributed by atoms with Crippen LogP contribution in [0, 0.1) is 23.7 Å². The summed E-state index contributed by atoms with van der Waals surface area (Å²) in [4.78, 5) is 60.7. The number of hydrogen-bond acceptors (Lipinski definition) is 10. The number of nitrogens with zero attached hydrogens (tertiary/aromatic N) is 2. The van der Waals surface area contributed by atoms with Crippen molar-refractivity contribution in [2.24, 2.45) is 28.7 Å². The highest BCUT2D eigenvalue weighted by molar-refractivity contribution is 6.08. The van der Waals surface area contributed by atoms with Gasteiger partial charge in [0, 0.05) is 42.9 Å². The van der Waals surface area contributed by atoms with Crippen LogP contribution in [0.5, 0.6) is 0 Å². The van der Waals surface area contributed by atoms with Crippen LogP contribution in [-0.2, 0) is 38.1 Å². The topological polar surface area (TPSA) is 141 Å². The highest BCUT2D eigenvalue weighted by atomic mass is 19.1. The first-order chi connectivity index (χ1) is 22.2. The van der Waals surface area contributed by atoms with Gasteiger partial charge in [-0.1, -0.05) is 34.6 Å². The summed E-state index contributed by atoms with van der Waals surface area (Å²) < 4.78 is 41.5. The van der Waals surface area contributed by atoms with E-state index in [1.165, 1.54) is 13.8 Å². The number of ether oxygens (including phenoxy) is 4. The number of rotatable bonds is 5. The lowest BCUT2D eigenvalue weighted by atomic mass is 9.68. The molecule has 0 saturated carbocycles. The van der Waals surface area contributed by atoms with E-state index in [0.29, 0.717) is 12.1 Å². The van der Waals surface area contributed by atoms with E-state index in [1.807, 2.05) is 34.9 Å². The van der Waals surface area contributed by atoms with E-state index in [0.717, 1.165) is 13.3 Å². The highest BCUT2D eigenvalue weighted by Crippen LogP contribution is 2.43. The fourth-order valence-electron chi connectivity index (χ4n) is 8.04. The van der Waals surface area contributed by atoms with Gasteiger partial charge in [0.25, 0.3) is 5.67 Å². The Balaban J connectivity index is 2.31. The molecule has 0 radical (unpaired) electrons. The number of ketones is 2. The van der Waals surface area contributed by atoms with Crippen molar-refractivity contribution < 1.29 is 47.6 Å². The number of carbonyl (C=O) groups excluding carboxylic acids is 4. The Hall–Kier alpha value is -2.12. The van der Waals surface area contributed by atoms with Crippen LogP contribution < -0.4 is 0 Å². The standard InChI is InChI=1S/C36H59FN2O9/c1-12-27-36(9,44)26-15-14-25(40)19-45-34(7,18-20(3)30(22(26)5)38-28(41)13-2)32(23(6)31(42)35(8,37)33(43)47-27)48-29-17-24(39(10)11)16-21(4)46-29/h20-24,26-27,29,32,44H,12-19H2,1-11H3/t20-,21-,22-,23+,24+,26-,27-,29+,32-,34-,35+,36+/m1/s1. The molecule has 3 aliphatic rings. The first kappa shape index (κ1) is 40.3. The first-order valence-corrected chi connectivity index (χ1v) is 17.6. The molecule has 48 heavy (non-hydrogen) atoms. The van der Waals surface area contributed by atoms with E-state index in [1.54, 1.807) is 20.8 Å². The number of halogens is 1. The second-order valence-electron chi connectivity index (χ2n) is 15.2. The Kier molecular flexibility index (Phi) is 13.3. The van der Waals surface area contributed by atoms with Crippen molar-refractivity contribution in [2.45, 2.75) is 155 Å². The van der Waals surface area contributed by atoms with Crippen LogP contribution in [-0.4, -0.2) is 107 Å². The molecule has 0 aromatic heterocycles. The average molecular weight is 683 g/mol. The van der Waals surface area contributed by atoms with E-state index in [4.69, 9.17) is 18.9 Å². The molecule has 0 aromatic rings. The summed E-state index contributed by atoms with van der Waals surface area (Å²) in [6, 6.07) is 0.0989. The van der Waals surface area contributed by atoms with Gasteiger partial charge < -0.3 is 29.0 Å². The van der Waals surface area contributed by atoms with Crippen molar-refractivity contribution >= 4 is 29.2 Å². The summed E-state index contributed by atoms with van der Waals surface area (Å²) in [7, 11) is 3.92. The quantitative estimate of drug-likeness (QED) is 0.322. The van der Waals surface area contributed by atoms with Crippen LogP contribution in [0.25, 0.3) is 0 Å². The maximum absolute atomic E-state index is 16.6. The molecule has 3 rings (SSSR count). The number of Topliss-reactive ketones (excluding diaryl/α,β-unsaturated/α-hetero) is 2. The molecular formula is C36H59FN2O9. The van der Waals surface area contributed by atoms with Crippen LogP contribution in [0.1, 0.15) is 107 Å². The number of fused-ring (bicyclic) bond motifs is 5. The van der Waals surface area contributed by atoms with E-state index >= 15 is 4.39 Å². The summed E-state index contributed by atoms with van der Waals surface area (Å²) in [5.41, 5.74) is -5.80. The number of alkyl halides is 1. The number of cyclic esters (lactones) is 1. The molecule has 12 atom stereocenters. The third-order valence-corrected chi connectivity index (χ3v) is 11.0. The van der Waals surface area contributed by atoms with Gasteiger partial charge in [-0.15, -0.1) is 0 Å². The predicted octanol–water partition coefficient (Wildman–Crippen LogP) is 4.64. The number of hydrogen-bond donors (Lipinski definition) is 1. The van der Waals surface area contributed by atoms with E-state index in [9.17, 15) is 24.3 Å². The lowest BCUT2D eigenvalue weighted by Crippen LogP contribution is -2.59. The van der Waals surface area contributed by atoms with Gasteiger partial charge in [0.15, 0.2) is 17.9 Å². The van der Waals surface area contributed by atoms with Gasteiger partial charge in [-0.3, -0.25) is 14.4 Å². The minimum atomic E-state index is -3.09. The van der Waals surface area contributed by atoms with Crippen LogP contribution in [0.3, 0.4) is 0 Å². The van der Waals surface area contributed by atoms with Crippen molar-refractivity contribution in [1.29, 1.82) is 0 Å². The fourth-order valence-corrected chi connectivity index (χ4v) is 8.04. The van der Waals surface area contributed by atoms with Crippen molar-refractivity contribution in [3.63, 3.8) is 0 Å². The predicted molar refractivity (Wildman–Crippen MR) is 178 cm³/mol. The molecule has 0 aliphatic carbocycles. The van der Waals surface area contributed by atoms with Crippen molar-refractivity contribution in [1.82, 2.24) is 4.90 Å². The maximum atomic E-state index is 16.6. The van der Waals surface area contributed by atoms with Crippen LogP contribution in [0.2, 0.25) is 0 Å². The summed E-state index contributed by atoms with van der Waals surface area (Å²) in [5, 5.41) is 12.1. The molecule has 2 bridgehead atoms. The van der Waals surface area contributed by atoms with Crippen molar-refractivity contribution in [2.75, 3.05) is 20.7 Å². The van der Waals surface area contributed by atoms with Gasteiger partial charge in [0.05, 0.1) is 17.8 Å². The lowest BCUT2D eigenvalue weighted by molar-refractivity contribution is -0.265. The smallest absolute Gasteiger partial charge is 0.351 e. The zero-order valence-corrected chi connectivity index (χ0v) is 30.8. The zero-order chi connectivity index (χ0) is 36.4. The Morgan fingerprint density at radius 1 is 1.06 bits per heavy atom. The monoisotopic (exact) mass is 682 g/mol. The fraction of sp³-hybridized carbons (Fsp3) is 0.861. The molecule has 3 heterocycles. The first-order valence-electron chi connectivity index (χ1n) is 17.6. The Labute approximate surface area is 285 Å². The molecule has 274 valence electrons. The molecular weight excluding hydrogens is 623 g/mol. The van der Waals surface area contributed by atoms with Crippen molar-refractivity contribution in [3.8, 4) is 0 Å². The molecule has 3 saturated heterocycles. The van der Waals surface area contributed by atoms with Gasteiger partial charge in [0.1, 0.15) is 18.3 Å². The molecule has 0 aromatic carbocycles. The number of aliphatic hydroxyl groups is 1. The molecule has 11 nitrogen and oxygen atoms in total. The third-order valence-electron chi connectivity index (χ3n) is 11.0. The molecule has 0 unspecified atom stereocenters. The summed E-state index contributed by atoms with van der Waals surface area (Å²) in [5.74, 6) is -6.13. The molecule has 0 spiro atoms. The van der Waals surface area contributed by atoms with E-state index < -0.39 is 70.8 Å². The normalized spacial score (nSPS) is 43.3. The highest BCUT2D eigenvalue weighted by Gasteiger charge is 2.56. The van der Waals surface area contributed by atoms with Gasteiger partial charge in [-0.05, 0) is 79.3 Å². The summed E-state index contributed by atoms with van der Waals surface area (Å²) in [6.07, 6.45) is -1.63. The third kappa shape index (κ3) is 8.78. The number of aliphatic imine (C=N–C) groups is 1. The maximum Gasteiger partial charge on any atom is 0.351 e. The number of esters is 1. The minimum Gasteiger partial charge on any atom is -0.457 e. The molecule has 3 fully saturated rings. The van der Waals surface area contributed by atoms with Gasteiger partial charge in [-0.25, -0.2) is 14.2 Å². The van der Waals surface area contributed by atoms with Crippen LogP contribution in [0.4, 0.5) is 4.39 Å². The number of amides is 1. The van der Waals surface area contributed by atoms with Crippen LogP contribution in [0.15, 0.2) is 4.99 Å². The van der Waals surface area contributed by atoms with Crippen LogP contribution >= 0.6 is 0 Å². The van der Waals surface area contributed by atoms with E-state index in [-0.39, 0.29) is 62.5 Å². The van der Waals surface area contributed by atoms with Crippen molar-refractivity contribution in [3.05, 3.63) is 0 Å². The molecule has 1 N–H and O–H groups in total. The van der Waals surface area contributed by atoms with Gasteiger partial charge in [-0.2, -0.15) is 0 Å². The Morgan fingerprint density at radius 3 is 2.29 bits per heavy atom. The number of carbonyl (C=O) groups is 4. The SMILES string of the molecule is CCC(=O)N=C1[C@H](C)C[C@@]2(C)OCC(=O)CC[C@H]([C@H]1C)[C@](C)(O)[C@@H](CC)OC(=O)[C@@](C)(F)C(=O)[C@H](C)[C@H]2O[C@H]1C[C@@H](N(C)C)C[C@@H](C)O1. The largest absolute Gasteiger partial charge is 0.457 e. The zero-order valence-electron chi connectivity index (χ0n) is 30.8. The Bertz CT molecular complexity index is 1220. The minimum absolute atomic E-state index is 0.0175. The Morgan fingerprint density at radius 2 is 1.71 bits per heavy atom. The summed E-state index contributed by atoms with van der Waals surface area (Å²) >= 11 is 0. The molecule has 12 heteroatoms. The second-order valence-corrected chi connectivity index (χ2v) is 15.2. The van der Waals surface area contributed by atoms with Gasteiger partial charge >= 0.3 is 5.97 Å². The van der Waals surface area contributed by atoms with Gasteiger partial charge in [0.2, 0.25) is 5.91 Å². The molecule has 3 aliphatic heterocycles.